The number of likely N-dealkylation sites (tertiary alicyclic amines) is 1. The van der Waals surface area contributed by atoms with Gasteiger partial charge in [-0.2, -0.15) is 0 Å². The van der Waals surface area contributed by atoms with Gasteiger partial charge in [-0.3, -0.25) is 4.90 Å². The molecule has 2 rings (SSSR count). The monoisotopic (exact) mass is 375 g/mol. The fraction of sp³-hybridized carbons (Fsp3) is 0.571. The van der Waals surface area contributed by atoms with Crippen LogP contribution in [0.25, 0.3) is 0 Å². The number of ether oxygens (including phenoxy) is 1. The Labute approximate surface area is 126 Å². The summed E-state index contributed by atoms with van der Waals surface area (Å²) in [6.07, 6.45) is 2.67. The van der Waals surface area contributed by atoms with E-state index in [-0.39, 0.29) is 0 Å². The Morgan fingerprint density at radius 3 is 2.94 bits per heavy atom. The lowest BCUT2D eigenvalue weighted by molar-refractivity contribution is 0.179. The van der Waals surface area contributed by atoms with Crippen LogP contribution in [0.1, 0.15) is 18.4 Å². The molecule has 1 atom stereocenters. The molecule has 1 fully saturated rings. The molecule has 0 amide bonds. The fourth-order valence-corrected chi connectivity index (χ4v) is 3.60. The molecule has 0 bridgehead atoms. The maximum atomic E-state index is 5.26. The average Bonchev–Trinajstić information content (AvgIpc) is 2.39. The van der Waals surface area contributed by atoms with E-state index in [2.05, 4.69) is 48.9 Å². The Kier molecular flexibility index (Phi) is 5.52. The molecule has 0 spiro atoms. The number of alkyl halides is 1. The van der Waals surface area contributed by atoms with E-state index in [1.165, 1.54) is 31.5 Å². The minimum atomic E-state index is 0.806. The molecule has 4 heteroatoms. The quantitative estimate of drug-likeness (QED) is 0.734. The molecule has 1 aromatic carbocycles. The Bertz CT molecular complexity index is 397. The summed E-state index contributed by atoms with van der Waals surface area (Å²) in [5.74, 6) is 1.70. The molecule has 1 unspecified atom stereocenters. The molecule has 0 aromatic heterocycles. The first-order valence-corrected chi connectivity index (χ1v) is 8.25. The van der Waals surface area contributed by atoms with Crippen molar-refractivity contribution in [3.05, 3.63) is 28.2 Å². The zero-order valence-corrected chi connectivity index (χ0v) is 13.8. The predicted molar refractivity (Wildman–Crippen MR) is 82.5 cm³/mol. The fourth-order valence-electron chi connectivity index (χ4n) is 2.49. The van der Waals surface area contributed by atoms with Crippen molar-refractivity contribution in [2.45, 2.75) is 19.4 Å². The Morgan fingerprint density at radius 1 is 1.44 bits per heavy atom. The highest BCUT2D eigenvalue weighted by Crippen LogP contribution is 2.27. The second-order valence-electron chi connectivity index (χ2n) is 4.87. The zero-order chi connectivity index (χ0) is 13.0. The van der Waals surface area contributed by atoms with Crippen LogP contribution in [-0.2, 0) is 6.54 Å². The molecule has 0 N–H and O–H groups in total. The maximum Gasteiger partial charge on any atom is 0.133 e. The van der Waals surface area contributed by atoms with E-state index in [1.54, 1.807) is 7.11 Å². The Balaban J connectivity index is 1.98. The molecule has 18 heavy (non-hydrogen) atoms. The molecule has 0 aliphatic carbocycles. The van der Waals surface area contributed by atoms with Gasteiger partial charge in [0.1, 0.15) is 5.75 Å². The highest BCUT2D eigenvalue weighted by atomic mass is 79.9. The summed E-state index contributed by atoms with van der Waals surface area (Å²) < 4.78 is 6.30. The molecule has 0 saturated carbocycles. The predicted octanol–water partition coefficient (Wildman–Crippen LogP) is 4.06. The third kappa shape index (κ3) is 3.72. The second-order valence-corrected chi connectivity index (χ2v) is 6.37. The van der Waals surface area contributed by atoms with Crippen molar-refractivity contribution in [1.29, 1.82) is 0 Å². The summed E-state index contributed by atoms with van der Waals surface area (Å²) >= 11 is 7.15. The minimum Gasteiger partial charge on any atom is -0.496 e. The highest BCUT2D eigenvalue weighted by molar-refractivity contribution is 9.10. The number of benzene rings is 1. The van der Waals surface area contributed by atoms with E-state index >= 15 is 0 Å². The van der Waals surface area contributed by atoms with E-state index in [4.69, 9.17) is 4.74 Å². The summed E-state index contributed by atoms with van der Waals surface area (Å²) in [4.78, 5) is 2.55. The van der Waals surface area contributed by atoms with Gasteiger partial charge in [-0.05, 0) is 58.9 Å². The zero-order valence-electron chi connectivity index (χ0n) is 10.7. The van der Waals surface area contributed by atoms with Crippen molar-refractivity contribution < 1.29 is 4.74 Å². The third-order valence-electron chi connectivity index (χ3n) is 3.44. The molecular weight excluding hydrogens is 358 g/mol. The van der Waals surface area contributed by atoms with Crippen LogP contribution in [0.5, 0.6) is 5.75 Å². The Morgan fingerprint density at radius 2 is 2.28 bits per heavy atom. The Hall–Kier alpha value is -0.0600. The first-order valence-electron chi connectivity index (χ1n) is 6.33. The van der Waals surface area contributed by atoms with Gasteiger partial charge in [-0.25, -0.2) is 0 Å². The summed E-state index contributed by atoms with van der Waals surface area (Å²) in [5, 5.41) is 1.12. The van der Waals surface area contributed by atoms with Crippen LogP contribution in [-0.4, -0.2) is 30.4 Å². The number of halogens is 2. The number of hydrogen-bond acceptors (Lipinski definition) is 2. The highest BCUT2D eigenvalue weighted by Gasteiger charge is 2.19. The molecule has 100 valence electrons. The number of nitrogens with zero attached hydrogens (tertiary/aromatic N) is 1. The van der Waals surface area contributed by atoms with Crippen LogP contribution in [0.4, 0.5) is 0 Å². The maximum absolute atomic E-state index is 5.26. The smallest absolute Gasteiger partial charge is 0.133 e. The molecule has 2 nitrogen and oxygen atoms in total. The van der Waals surface area contributed by atoms with Gasteiger partial charge >= 0.3 is 0 Å². The number of piperidine rings is 1. The van der Waals surface area contributed by atoms with Gasteiger partial charge in [-0.15, -0.1) is 0 Å². The summed E-state index contributed by atoms with van der Waals surface area (Å²) in [7, 11) is 1.70. The van der Waals surface area contributed by atoms with E-state index in [9.17, 15) is 0 Å². The van der Waals surface area contributed by atoms with Gasteiger partial charge in [0.15, 0.2) is 0 Å². The third-order valence-corrected chi connectivity index (χ3v) is 4.98. The number of rotatable bonds is 4. The summed E-state index contributed by atoms with van der Waals surface area (Å²) in [5.41, 5.74) is 1.35. The number of methoxy groups -OCH3 is 1. The van der Waals surface area contributed by atoms with Crippen LogP contribution in [0.15, 0.2) is 22.7 Å². The van der Waals surface area contributed by atoms with Crippen molar-refractivity contribution >= 4 is 31.9 Å². The van der Waals surface area contributed by atoms with Crippen LogP contribution >= 0.6 is 31.9 Å². The first-order chi connectivity index (χ1) is 8.72. The normalized spacial score (nSPS) is 20.9. The van der Waals surface area contributed by atoms with E-state index in [1.807, 2.05) is 6.07 Å². The average molecular weight is 377 g/mol. The van der Waals surface area contributed by atoms with E-state index < -0.39 is 0 Å². The van der Waals surface area contributed by atoms with Gasteiger partial charge in [0.25, 0.3) is 0 Å². The van der Waals surface area contributed by atoms with Gasteiger partial charge in [0.2, 0.25) is 0 Å². The minimum absolute atomic E-state index is 0.806. The molecule has 1 saturated heterocycles. The number of hydrogen-bond donors (Lipinski definition) is 0. The van der Waals surface area contributed by atoms with Crippen molar-refractivity contribution in [3.8, 4) is 5.75 Å². The van der Waals surface area contributed by atoms with Gasteiger partial charge < -0.3 is 4.74 Å². The molecule has 1 aliphatic rings. The standard InChI is InChI=1S/C14H19Br2NO/c1-18-14-5-4-11(7-13(14)16)9-17-6-2-3-12(8-15)10-17/h4-5,7,12H,2-3,6,8-10H2,1H3. The summed E-state index contributed by atoms with van der Waals surface area (Å²) in [6.45, 7) is 3.45. The molecule has 1 aliphatic heterocycles. The molecule has 1 aromatic rings. The van der Waals surface area contributed by atoms with Gasteiger partial charge in [-0.1, -0.05) is 22.0 Å². The van der Waals surface area contributed by atoms with Crippen LogP contribution in [0, 0.1) is 5.92 Å². The van der Waals surface area contributed by atoms with Crippen molar-refractivity contribution in [2.24, 2.45) is 5.92 Å². The second kappa shape index (κ2) is 6.92. The van der Waals surface area contributed by atoms with Crippen LogP contribution < -0.4 is 4.74 Å². The lowest BCUT2D eigenvalue weighted by atomic mass is 10.00. The largest absolute Gasteiger partial charge is 0.496 e. The lowest BCUT2D eigenvalue weighted by Crippen LogP contribution is -2.35. The van der Waals surface area contributed by atoms with Gasteiger partial charge in [0, 0.05) is 18.4 Å². The van der Waals surface area contributed by atoms with E-state index in [0.717, 1.165) is 28.0 Å². The van der Waals surface area contributed by atoms with Crippen molar-refractivity contribution in [3.63, 3.8) is 0 Å². The van der Waals surface area contributed by atoms with Crippen LogP contribution in [0.3, 0.4) is 0 Å². The molecular formula is C14H19Br2NO. The van der Waals surface area contributed by atoms with Crippen molar-refractivity contribution in [2.75, 3.05) is 25.5 Å². The summed E-state index contributed by atoms with van der Waals surface area (Å²) in [6, 6.07) is 6.35. The van der Waals surface area contributed by atoms with Crippen molar-refractivity contribution in [1.82, 2.24) is 4.90 Å². The molecule has 0 radical (unpaired) electrons. The molecule has 1 heterocycles. The van der Waals surface area contributed by atoms with E-state index in [0.29, 0.717) is 0 Å². The first kappa shape index (κ1) is 14.4. The SMILES string of the molecule is COc1ccc(CN2CCCC(CBr)C2)cc1Br. The van der Waals surface area contributed by atoms with Crippen LogP contribution in [0.2, 0.25) is 0 Å². The topological polar surface area (TPSA) is 12.5 Å². The van der Waals surface area contributed by atoms with Gasteiger partial charge in [0.05, 0.1) is 11.6 Å². The lowest BCUT2D eigenvalue weighted by Gasteiger charge is -2.31.